The Morgan fingerprint density at radius 3 is 2.75 bits per heavy atom. The van der Waals surface area contributed by atoms with Crippen LogP contribution in [0.3, 0.4) is 0 Å². The summed E-state index contributed by atoms with van der Waals surface area (Å²) in [6, 6.07) is 17.8. The first-order chi connectivity index (χ1) is 15.5. The second-order valence-corrected chi connectivity index (χ2v) is 7.37. The van der Waals surface area contributed by atoms with Crippen molar-refractivity contribution in [3.63, 3.8) is 0 Å². The van der Waals surface area contributed by atoms with Crippen LogP contribution >= 0.6 is 0 Å². The van der Waals surface area contributed by atoms with Crippen molar-refractivity contribution in [1.29, 1.82) is 5.26 Å². The Hall–Kier alpha value is -4.38. The number of hydrogen-bond acceptors (Lipinski definition) is 7. The fourth-order valence-corrected chi connectivity index (χ4v) is 3.17. The van der Waals surface area contributed by atoms with Crippen molar-refractivity contribution in [2.24, 2.45) is 5.10 Å². The SMILES string of the molecule is Cc1cc(-c2nn(-c3ccccc3)cc2C=NNc2ocnc2C#N)ccc1OC(C)C. The van der Waals surface area contributed by atoms with E-state index in [0.29, 0.717) is 0 Å². The van der Waals surface area contributed by atoms with Crippen LogP contribution in [0.2, 0.25) is 0 Å². The molecule has 2 heterocycles. The lowest BCUT2D eigenvalue weighted by atomic mass is 10.1. The van der Waals surface area contributed by atoms with Crippen LogP contribution in [0.15, 0.2) is 70.6 Å². The summed E-state index contributed by atoms with van der Waals surface area (Å²) in [4.78, 5) is 3.82. The van der Waals surface area contributed by atoms with Crippen molar-refractivity contribution in [3.8, 4) is 28.8 Å². The number of hydrazone groups is 1. The van der Waals surface area contributed by atoms with E-state index in [0.717, 1.165) is 33.8 Å². The Kier molecular flexibility index (Phi) is 5.99. The molecule has 0 aliphatic heterocycles. The van der Waals surface area contributed by atoms with Gasteiger partial charge in [-0.15, -0.1) is 0 Å². The number of ether oxygens (including phenoxy) is 1. The van der Waals surface area contributed by atoms with E-state index in [1.165, 1.54) is 6.39 Å². The van der Waals surface area contributed by atoms with E-state index in [-0.39, 0.29) is 17.7 Å². The van der Waals surface area contributed by atoms with Crippen LogP contribution in [-0.2, 0) is 0 Å². The molecule has 0 radical (unpaired) electrons. The second-order valence-electron chi connectivity index (χ2n) is 7.37. The average molecular weight is 426 g/mol. The van der Waals surface area contributed by atoms with E-state index in [1.54, 1.807) is 10.9 Å². The average Bonchev–Trinajstić information content (AvgIpc) is 3.42. The van der Waals surface area contributed by atoms with E-state index in [1.807, 2.05) is 81.6 Å². The van der Waals surface area contributed by atoms with Crippen molar-refractivity contribution >= 4 is 12.1 Å². The molecule has 0 spiro atoms. The summed E-state index contributed by atoms with van der Waals surface area (Å²) in [6.07, 6.45) is 4.83. The molecule has 4 rings (SSSR count). The van der Waals surface area contributed by atoms with Crippen LogP contribution in [0.25, 0.3) is 16.9 Å². The second kappa shape index (κ2) is 9.18. The summed E-state index contributed by atoms with van der Waals surface area (Å²) in [5.74, 6) is 1.03. The zero-order valence-corrected chi connectivity index (χ0v) is 18.0. The van der Waals surface area contributed by atoms with E-state index in [2.05, 4.69) is 15.5 Å². The summed E-state index contributed by atoms with van der Waals surface area (Å²) >= 11 is 0. The number of aryl methyl sites for hydroxylation is 1. The van der Waals surface area contributed by atoms with Gasteiger partial charge in [-0.2, -0.15) is 15.5 Å². The fraction of sp³-hybridized carbons (Fsp3) is 0.167. The fourth-order valence-electron chi connectivity index (χ4n) is 3.17. The maximum absolute atomic E-state index is 9.06. The number of hydrogen-bond donors (Lipinski definition) is 1. The Morgan fingerprint density at radius 1 is 1.22 bits per heavy atom. The van der Waals surface area contributed by atoms with Crippen molar-refractivity contribution < 1.29 is 9.15 Å². The number of oxazole rings is 1. The van der Waals surface area contributed by atoms with Gasteiger partial charge in [-0.3, -0.25) is 0 Å². The van der Waals surface area contributed by atoms with Crippen LogP contribution in [0, 0.1) is 18.3 Å². The molecule has 0 saturated carbocycles. The molecular weight excluding hydrogens is 404 g/mol. The summed E-state index contributed by atoms with van der Waals surface area (Å²) < 4.78 is 12.8. The van der Waals surface area contributed by atoms with Gasteiger partial charge in [-0.1, -0.05) is 18.2 Å². The third-order valence-electron chi connectivity index (χ3n) is 4.62. The van der Waals surface area contributed by atoms with E-state index >= 15 is 0 Å². The number of nitrogens with zero attached hydrogens (tertiary/aromatic N) is 5. The smallest absolute Gasteiger partial charge is 0.251 e. The number of rotatable bonds is 7. The van der Waals surface area contributed by atoms with Gasteiger partial charge < -0.3 is 9.15 Å². The number of anilines is 1. The molecule has 0 fully saturated rings. The molecule has 0 unspecified atom stereocenters. The number of para-hydroxylation sites is 1. The maximum atomic E-state index is 9.06. The van der Waals surface area contributed by atoms with Crippen molar-refractivity contribution in [3.05, 3.63) is 77.9 Å². The first-order valence-corrected chi connectivity index (χ1v) is 10.1. The summed E-state index contributed by atoms with van der Waals surface area (Å²) in [6.45, 7) is 6.02. The van der Waals surface area contributed by atoms with E-state index in [4.69, 9.17) is 19.5 Å². The Morgan fingerprint density at radius 2 is 2.03 bits per heavy atom. The van der Waals surface area contributed by atoms with Gasteiger partial charge in [0.05, 0.1) is 18.0 Å². The predicted octanol–water partition coefficient (Wildman–Crippen LogP) is 4.94. The summed E-state index contributed by atoms with van der Waals surface area (Å²) in [5, 5.41) is 18.1. The molecule has 160 valence electrons. The summed E-state index contributed by atoms with van der Waals surface area (Å²) in [7, 11) is 0. The normalized spacial score (nSPS) is 11.1. The van der Waals surface area contributed by atoms with Gasteiger partial charge in [0.2, 0.25) is 5.69 Å². The quantitative estimate of drug-likeness (QED) is 0.332. The van der Waals surface area contributed by atoms with Crippen LogP contribution in [0.5, 0.6) is 5.75 Å². The third kappa shape index (κ3) is 4.52. The highest BCUT2D eigenvalue weighted by atomic mass is 16.5. The largest absolute Gasteiger partial charge is 0.491 e. The zero-order valence-electron chi connectivity index (χ0n) is 18.0. The van der Waals surface area contributed by atoms with Crippen LogP contribution < -0.4 is 10.2 Å². The van der Waals surface area contributed by atoms with Gasteiger partial charge in [0.1, 0.15) is 17.5 Å². The number of benzene rings is 2. The van der Waals surface area contributed by atoms with E-state index < -0.39 is 0 Å². The van der Waals surface area contributed by atoms with Gasteiger partial charge >= 0.3 is 0 Å². The standard InChI is InChI=1S/C24H22N6O2/c1-16(2)32-22-10-9-18(11-17(22)3)23-19(13-27-28-24-21(12-25)26-15-31-24)14-30(29-23)20-7-5-4-6-8-20/h4-11,13-16,28H,1-3H3. The molecule has 32 heavy (non-hydrogen) atoms. The molecular formula is C24H22N6O2. The van der Waals surface area contributed by atoms with E-state index in [9.17, 15) is 0 Å². The van der Waals surface area contributed by atoms with Crippen molar-refractivity contribution in [2.75, 3.05) is 5.43 Å². The molecule has 0 atom stereocenters. The molecule has 0 saturated heterocycles. The predicted molar refractivity (Wildman–Crippen MR) is 122 cm³/mol. The molecule has 8 heteroatoms. The van der Waals surface area contributed by atoms with Gasteiger partial charge in [-0.05, 0) is 56.7 Å². The molecule has 1 N–H and O–H groups in total. The molecule has 4 aromatic rings. The van der Waals surface area contributed by atoms with Crippen molar-refractivity contribution in [2.45, 2.75) is 26.9 Å². The number of nitriles is 1. The minimum atomic E-state index is 0.0972. The Labute approximate surface area is 185 Å². The van der Waals surface area contributed by atoms with Crippen LogP contribution in [0.1, 0.15) is 30.7 Å². The maximum Gasteiger partial charge on any atom is 0.251 e. The third-order valence-corrected chi connectivity index (χ3v) is 4.62. The lowest BCUT2D eigenvalue weighted by Gasteiger charge is -2.13. The molecule has 0 bridgehead atoms. The topological polar surface area (TPSA) is 101 Å². The monoisotopic (exact) mass is 426 g/mol. The Bertz CT molecular complexity index is 1280. The minimum absolute atomic E-state index is 0.0972. The molecule has 0 aliphatic rings. The molecule has 0 amide bonds. The van der Waals surface area contributed by atoms with Crippen LogP contribution in [0.4, 0.5) is 5.88 Å². The van der Waals surface area contributed by atoms with Gasteiger partial charge in [-0.25, -0.2) is 15.1 Å². The zero-order chi connectivity index (χ0) is 22.5. The highest BCUT2D eigenvalue weighted by Gasteiger charge is 2.14. The Balaban J connectivity index is 1.70. The highest BCUT2D eigenvalue weighted by Crippen LogP contribution is 2.28. The van der Waals surface area contributed by atoms with Crippen LogP contribution in [-0.4, -0.2) is 27.1 Å². The van der Waals surface area contributed by atoms with Gasteiger partial charge in [0.25, 0.3) is 5.88 Å². The lowest BCUT2D eigenvalue weighted by Crippen LogP contribution is -2.06. The first-order valence-electron chi connectivity index (χ1n) is 10.1. The number of aromatic nitrogens is 3. The molecule has 0 aliphatic carbocycles. The van der Waals surface area contributed by atoms with Gasteiger partial charge in [0, 0.05) is 17.3 Å². The summed E-state index contributed by atoms with van der Waals surface area (Å²) in [5.41, 5.74) is 7.30. The molecule has 8 nitrogen and oxygen atoms in total. The molecule has 2 aromatic carbocycles. The van der Waals surface area contributed by atoms with Gasteiger partial charge in [0.15, 0.2) is 6.39 Å². The number of nitrogens with one attached hydrogen (secondary N) is 1. The first kappa shape index (κ1) is 20.9. The van der Waals surface area contributed by atoms with Crippen molar-refractivity contribution in [1.82, 2.24) is 14.8 Å². The lowest BCUT2D eigenvalue weighted by molar-refractivity contribution is 0.241. The molecule has 2 aromatic heterocycles. The minimum Gasteiger partial charge on any atom is -0.491 e. The highest BCUT2D eigenvalue weighted by molar-refractivity contribution is 5.89.